The van der Waals surface area contributed by atoms with Gasteiger partial charge in [-0.25, -0.2) is 9.79 Å². The van der Waals surface area contributed by atoms with Crippen molar-refractivity contribution in [3.05, 3.63) is 46.2 Å². The summed E-state index contributed by atoms with van der Waals surface area (Å²) in [6.07, 6.45) is 0. The number of rotatable bonds is 2. The van der Waals surface area contributed by atoms with Crippen molar-refractivity contribution in [2.24, 2.45) is 10.7 Å². The highest BCUT2D eigenvalue weighted by Crippen LogP contribution is 2.37. The molecule has 3 rings (SSSR count). The number of guanidine groups is 1. The zero-order valence-electron chi connectivity index (χ0n) is 12.6. The second-order valence-corrected chi connectivity index (χ2v) is 6.22. The summed E-state index contributed by atoms with van der Waals surface area (Å²) in [5.41, 5.74) is 7.03. The minimum atomic E-state index is -1.16. The van der Waals surface area contributed by atoms with Crippen LogP contribution in [0.4, 0.5) is 0 Å². The molecule has 0 radical (unpaired) electrons. The Labute approximate surface area is 137 Å². The Morgan fingerprint density at radius 3 is 2.91 bits per heavy atom. The third-order valence-corrected chi connectivity index (χ3v) is 4.82. The summed E-state index contributed by atoms with van der Waals surface area (Å²) >= 11 is 1.41. The highest BCUT2D eigenvalue weighted by atomic mass is 32.1. The van der Waals surface area contributed by atoms with E-state index in [1.54, 1.807) is 19.1 Å². The molecule has 1 aliphatic rings. The highest BCUT2D eigenvalue weighted by molar-refractivity contribution is 7.10. The van der Waals surface area contributed by atoms with Gasteiger partial charge in [-0.2, -0.15) is 10.3 Å². The molecule has 1 aliphatic heterocycles. The predicted molar refractivity (Wildman–Crippen MR) is 87.3 cm³/mol. The lowest BCUT2D eigenvalue weighted by Gasteiger charge is -2.31. The van der Waals surface area contributed by atoms with Gasteiger partial charge in [0.05, 0.1) is 11.6 Å². The number of hydrogen-bond acceptors (Lipinski definition) is 7. The molecule has 0 saturated heterocycles. The van der Waals surface area contributed by atoms with Crippen molar-refractivity contribution in [3.63, 3.8) is 0 Å². The Bertz CT molecular complexity index is 852. The molecule has 0 fully saturated rings. The van der Waals surface area contributed by atoms with Gasteiger partial charge in [-0.1, -0.05) is 12.1 Å². The molecule has 7 heteroatoms. The summed E-state index contributed by atoms with van der Waals surface area (Å²) in [6.45, 7) is 1.68. The number of carbonyl (C=O) groups excluding carboxylic acids is 1. The monoisotopic (exact) mass is 326 g/mol. The standard InChI is InChI=1S/C16H14N4O2S/c1-16(14(21)22-20(2)15(18)19-16)13-7-12(9-23-13)11-5-3-4-10(6-11)8-17/h3-7,9H,1-2H3,(H2,18,19). The van der Waals surface area contributed by atoms with Crippen molar-refractivity contribution in [3.8, 4) is 17.2 Å². The molecule has 2 N–H and O–H groups in total. The fourth-order valence-corrected chi connectivity index (χ4v) is 3.28. The van der Waals surface area contributed by atoms with E-state index in [0.717, 1.165) is 21.1 Å². The molecule has 23 heavy (non-hydrogen) atoms. The summed E-state index contributed by atoms with van der Waals surface area (Å²) in [5.74, 6) is -0.332. The molecule has 1 aromatic heterocycles. The summed E-state index contributed by atoms with van der Waals surface area (Å²) in [4.78, 5) is 22.4. The van der Waals surface area contributed by atoms with Crippen molar-refractivity contribution in [2.75, 3.05) is 7.05 Å². The first-order valence-electron chi connectivity index (χ1n) is 6.85. The van der Waals surface area contributed by atoms with Crippen molar-refractivity contribution < 1.29 is 9.63 Å². The van der Waals surface area contributed by atoms with E-state index in [9.17, 15) is 4.79 Å². The van der Waals surface area contributed by atoms with Gasteiger partial charge in [-0.05, 0) is 41.6 Å². The maximum absolute atomic E-state index is 12.3. The molecule has 0 saturated carbocycles. The molecule has 0 spiro atoms. The minimum absolute atomic E-state index is 0.147. The Hall–Kier alpha value is -2.85. The van der Waals surface area contributed by atoms with Crippen LogP contribution in [0.15, 0.2) is 40.7 Å². The van der Waals surface area contributed by atoms with E-state index in [1.807, 2.05) is 23.6 Å². The summed E-state index contributed by atoms with van der Waals surface area (Å²) in [5, 5.41) is 12.1. The second kappa shape index (κ2) is 5.41. The molecule has 0 aliphatic carbocycles. The molecule has 6 nitrogen and oxygen atoms in total. The minimum Gasteiger partial charge on any atom is -0.367 e. The smallest absolute Gasteiger partial charge is 0.365 e. The first kappa shape index (κ1) is 15.1. The fraction of sp³-hybridized carbons (Fsp3) is 0.188. The average Bonchev–Trinajstić information content (AvgIpc) is 3.04. The van der Waals surface area contributed by atoms with Crippen LogP contribution in [0.5, 0.6) is 0 Å². The number of hydrogen-bond donors (Lipinski definition) is 1. The van der Waals surface area contributed by atoms with Gasteiger partial charge in [0.2, 0.25) is 5.96 Å². The molecular weight excluding hydrogens is 312 g/mol. The molecule has 0 amide bonds. The Kier molecular flexibility index (Phi) is 3.54. The normalized spacial score (nSPS) is 20.7. The van der Waals surface area contributed by atoms with Gasteiger partial charge in [0.25, 0.3) is 0 Å². The van der Waals surface area contributed by atoms with E-state index in [1.165, 1.54) is 18.4 Å². The van der Waals surface area contributed by atoms with E-state index in [4.69, 9.17) is 15.8 Å². The molecule has 116 valence electrons. The first-order valence-corrected chi connectivity index (χ1v) is 7.73. The number of carbonyl (C=O) groups is 1. The maximum Gasteiger partial charge on any atom is 0.365 e. The van der Waals surface area contributed by atoms with Crippen LogP contribution in [-0.4, -0.2) is 24.0 Å². The van der Waals surface area contributed by atoms with Crippen LogP contribution in [0.25, 0.3) is 11.1 Å². The van der Waals surface area contributed by atoms with Gasteiger partial charge < -0.3 is 10.6 Å². The van der Waals surface area contributed by atoms with Crippen LogP contribution in [0.1, 0.15) is 17.4 Å². The zero-order valence-corrected chi connectivity index (χ0v) is 13.4. The largest absolute Gasteiger partial charge is 0.367 e. The number of thiophene rings is 1. The third-order valence-electron chi connectivity index (χ3n) is 3.68. The van der Waals surface area contributed by atoms with Crippen LogP contribution in [-0.2, 0) is 15.2 Å². The van der Waals surface area contributed by atoms with Crippen molar-refractivity contribution in [1.29, 1.82) is 5.26 Å². The van der Waals surface area contributed by atoms with Crippen LogP contribution in [0.3, 0.4) is 0 Å². The SMILES string of the molecule is CN1OC(=O)C(C)(c2cc(-c3cccc(C#N)c3)cs2)N=C1N. The van der Waals surface area contributed by atoms with Crippen LogP contribution in [0, 0.1) is 11.3 Å². The average molecular weight is 326 g/mol. The fourth-order valence-electron chi connectivity index (χ4n) is 2.27. The Balaban J connectivity index is 2.02. The number of nitrogens with zero attached hydrogens (tertiary/aromatic N) is 3. The lowest BCUT2D eigenvalue weighted by molar-refractivity contribution is -0.179. The third kappa shape index (κ3) is 2.53. The second-order valence-electron chi connectivity index (χ2n) is 5.31. The van der Waals surface area contributed by atoms with Gasteiger partial charge >= 0.3 is 5.97 Å². The van der Waals surface area contributed by atoms with Gasteiger partial charge in [0.1, 0.15) is 0 Å². The highest BCUT2D eigenvalue weighted by Gasteiger charge is 2.43. The van der Waals surface area contributed by atoms with Crippen LogP contribution >= 0.6 is 11.3 Å². The van der Waals surface area contributed by atoms with Crippen molar-refractivity contribution in [2.45, 2.75) is 12.5 Å². The van der Waals surface area contributed by atoms with E-state index in [-0.39, 0.29) is 5.96 Å². The number of aliphatic imine (C=N–C) groups is 1. The molecule has 2 aromatic rings. The van der Waals surface area contributed by atoms with Gasteiger partial charge in [-0.3, -0.25) is 0 Å². The van der Waals surface area contributed by atoms with Crippen molar-refractivity contribution >= 4 is 23.3 Å². The van der Waals surface area contributed by atoms with Gasteiger partial charge in [-0.15, -0.1) is 11.3 Å². The number of hydroxylamine groups is 2. The lowest BCUT2D eigenvalue weighted by Crippen LogP contribution is -2.48. The predicted octanol–water partition coefficient (Wildman–Crippen LogP) is 2.22. The van der Waals surface area contributed by atoms with E-state index < -0.39 is 11.5 Å². The molecule has 2 heterocycles. The van der Waals surface area contributed by atoms with E-state index >= 15 is 0 Å². The summed E-state index contributed by atoms with van der Waals surface area (Å²) < 4.78 is 0. The Morgan fingerprint density at radius 2 is 2.17 bits per heavy atom. The van der Waals surface area contributed by atoms with Gasteiger partial charge in [0.15, 0.2) is 5.54 Å². The molecule has 1 aromatic carbocycles. The quantitative estimate of drug-likeness (QED) is 0.913. The lowest BCUT2D eigenvalue weighted by atomic mass is 9.98. The van der Waals surface area contributed by atoms with E-state index in [2.05, 4.69) is 11.1 Å². The van der Waals surface area contributed by atoms with E-state index in [0.29, 0.717) is 5.56 Å². The molecular formula is C16H14N4O2S. The zero-order chi connectivity index (χ0) is 16.6. The molecule has 0 bridgehead atoms. The first-order chi connectivity index (χ1) is 10.9. The number of nitriles is 1. The molecule has 1 unspecified atom stereocenters. The van der Waals surface area contributed by atoms with Crippen molar-refractivity contribution in [1.82, 2.24) is 5.06 Å². The topological polar surface area (TPSA) is 91.7 Å². The van der Waals surface area contributed by atoms with Crippen LogP contribution in [0.2, 0.25) is 0 Å². The summed E-state index contributed by atoms with van der Waals surface area (Å²) in [7, 11) is 1.53. The maximum atomic E-state index is 12.3. The Morgan fingerprint density at radius 1 is 1.39 bits per heavy atom. The van der Waals surface area contributed by atoms with Gasteiger partial charge in [0, 0.05) is 11.9 Å². The number of nitrogens with two attached hydrogens (primary N) is 1. The summed E-state index contributed by atoms with van der Waals surface area (Å²) in [6, 6.07) is 11.3. The molecule has 1 atom stereocenters. The number of benzene rings is 1. The van der Waals surface area contributed by atoms with Crippen LogP contribution < -0.4 is 5.73 Å².